The molecule has 1 unspecified atom stereocenters. The van der Waals surface area contributed by atoms with Crippen molar-refractivity contribution in [2.24, 2.45) is 0 Å². The number of piperidine rings is 1. The van der Waals surface area contributed by atoms with E-state index in [1.54, 1.807) is 0 Å². The number of benzene rings is 2. The Hall–Kier alpha value is -2.13. The van der Waals surface area contributed by atoms with E-state index in [0.29, 0.717) is 12.5 Å². The SMILES string of the molecule is O=C(Cc1ccccc1)N1CCCC(N2CCc3ccccc3C2)C1. The standard InChI is InChI=1S/C22H26N2O/c25-22(15-18-7-2-1-3-8-18)24-13-6-11-21(17-24)23-14-12-19-9-4-5-10-20(19)16-23/h1-5,7-10,21H,6,11-17H2. The van der Waals surface area contributed by atoms with Crippen LogP contribution in [0.1, 0.15) is 29.5 Å². The number of carbonyl (C=O) groups excluding carboxylic acids is 1. The Morgan fingerprint density at radius 2 is 1.72 bits per heavy atom. The van der Waals surface area contributed by atoms with E-state index < -0.39 is 0 Å². The Morgan fingerprint density at radius 1 is 0.960 bits per heavy atom. The number of likely N-dealkylation sites (tertiary alicyclic amines) is 1. The quantitative estimate of drug-likeness (QED) is 0.860. The maximum Gasteiger partial charge on any atom is 0.227 e. The van der Waals surface area contributed by atoms with Crippen molar-refractivity contribution >= 4 is 5.91 Å². The summed E-state index contributed by atoms with van der Waals surface area (Å²) in [7, 11) is 0. The van der Waals surface area contributed by atoms with Crippen molar-refractivity contribution in [3.8, 4) is 0 Å². The van der Waals surface area contributed by atoms with E-state index in [2.05, 4.69) is 34.1 Å². The van der Waals surface area contributed by atoms with Crippen molar-refractivity contribution in [1.82, 2.24) is 9.80 Å². The van der Waals surface area contributed by atoms with Gasteiger partial charge in [-0.15, -0.1) is 0 Å². The summed E-state index contributed by atoms with van der Waals surface area (Å²) in [6.45, 7) is 3.93. The average molecular weight is 334 g/mol. The van der Waals surface area contributed by atoms with Gasteiger partial charge in [0.25, 0.3) is 0 Å². The van der Waals surface area contributed by atoms with Gasteiger partial charge in [0.2, 0.25) is 5.91 Å². The summed E-state index contributed by atoms with van der Waals surface area (Å²) < 4.78 is 0. The molecule has 2 heterocycles. The molecule has 0 aromatic heterocycles. The maximum absolute atomic E-state index is 12.7. The second-order valence-electron chi connectivity index (χ2n) is 7.29. The first-order valence-corrected chi connectivity index (χ1v) is 9.42. The Balaban J connectivity index is 1.39. The molecule has 0 bridgehead atoms. The second kappa shape index (κ2) is 7.40. The molecule has 0 saturated carbocycles. The van der Waals surface area contributed by atoms with Crippen molar-refractivity contribution in [3.63, 3.8) is 0 Å². The summed E-state index contributed by atoms with van der Waals surface area (Å²) >= 11 is 0. The fourth-order valence-corrected chi connectivity index (χ4v) is 4.19. The smallest absolute Gasteiger partial charge is 0.227 e. The molecule has 0 radical (unpaired) electrons. The molecule has 2 aromatic rings. The summed E-state index contributed by atoms with van der Waals surface area (Å²) in [5.41, 5.74) is 4.06. The number of rotatable bonds is 3. The monoisotopic (exact) mass is 334 g/mol. The van der Waals surface area contributed by atoms with Crippen molar-refractivity contribution < 1.29 is 4.79 Å². The minimum absolute atomic E-state index is 0.272. The van der Waals surface area contributed by atoms with Crippen molar-refractivity contribution in [2.75, 3.05) is 19.6 Å². The number of carbonyl (C=O) groups is 1. The van der Waals surface area contributed by atoms with Gasteiger partial charge in [0.05, 0.1) is 6.42 Å². The van der Waals surface area contributed by atoms with E-state index in [-0.39, 0.29) is 5.91 Å². The van der Waals surface area contributed by atoms with Gasteiger partial charge in [-0.3, -0.25) is 9.69 Å². The molecule has 3 nitrogen and oxygen atoms in total. The Labute approximate surface area is 150 Å². The second-order valence-corrected chi connectivity index (χ2v) is 7.29. The summed E-state index contributed by atoms with van der Waals surface area (Å²) in [4.78, 5) is 17.4. The van der Waals surface area contributed by atoms with Crippen molar-refractivity contribution in [3.05, 3.63) is 71.3 Å². The fourth-order valence-electron chi connectivity index (χ4n) is 4.19. The van der Waals surface area contributed by atoms with Crippen LogP contribution in [-0.2, 0) is 24.2 Å². The molecule has 2 aromatic carbocycles. The number of nitrogens with zero attached hydrogens (tertiary/aromatic N) is 2. The molecular weight excluding hydrogens is 308 g/mol. The molecule has 0 spiro atoms. The van der Waals surface area contributed by atoms with E-state index in [9.17, 15) is 4.79 Å². The lowest BCUT2D eigenvalue weighted by Crippen LogP contribution is -2.51. The predicted molar refractivity (Wildman–Crippen MR) is 100 cm³/mol. The van der Waals surface area contributed by atoms with Crippen LogP contribution in [0.2, 0.25) is 0 Å². The number of fused-ring (bicyclic) bond motifs is 1. The highest BCUT2D eigenvalue weighted by atomic mass is 16.2. The van der Waals surface area contributed by atoms with Gasteiger partial charge in [0.15, 0.2) is 0 Å². The predicted octanol–water partition coefficient (Wildman–Crippen LogP) is 3.28. The summed E-state index contributed by atoms with van der Waals surface area (Å²) in [5, 5.41) is 0. The van der Waals surface area contributed by atoms with Gasteiger partial charge in [-0.25, -0.2) is 0 Å². The Kier molecular flexibility index (Phi) is 4.84. The van der Waals surface area contributed by atoms with Gasteiger partial charge in [-0.2, -0.15) is 0 Å². The van der Waals surface area contributed by atoms with Gasteiger partial charge in [-0.1, -0.05) is 54.6 Å². The minimum atomic E-state index is 0.272. The number of amides is 1. The molecule has 1 amide bonds. The number of hydrogen-bond donors (Lipinski definition) is 0. The van der Waals surface area contributed by atoms with Gasteiger partial charge in [0.1, 0.15) is 0 Å². The molecule has 2 aliphatic heterocycles. The number of hydrogen-bond acceptors (Lipinski definition) is 2. The normalized spacial score (nSPS) is 21.0. The highest BCUT2D eigenvalue weighted by molar-refractivity contribution is 5.78. The lowest BCUT2D eigenvalue weighted by atomic mass is 9.96. The van der Waals surface area contributed by atoms with E-state index in [1.807, 2.05) is 30.3 Å². The first-order valence-electron chi connectivity index (χ1n) is 9.42. The van der Waals surface area contributed by atoms with Gasteiger partial charge in [0, 0.05) is 32.2 Å². The minimum Gasteiger partial charge on any atom is -0.341 e. The summed E-state index contributed by atoms with van der Waals surface area (Å²) in [6, 6.07) is 19.4. The third-order valence-electron chi connectivity index (χ3n) is 5.62. The van der Waals surface area contributed by atoms with Crippen molar-refractivity contribution in [1.29, 1.82) is 0 Å². The van der Waals surface area contributed by atoms with Crippen LogP contribution < -0.4 is 0 Å². The summed E-state index contributed by atoms with van der Waals surface area (Å²) in [6.07, 6.45) is 3.97. The molecular formula is C22H26N2O. The third-order valence-corrected chi connectivity index (χ3v) is 5.62. The molecule has 2 aliphatic rings. The van der Waals surface area contributed by atoms with Crippen LogP contribution in [0.5, 0.6) is 0 Å². The zero-order chi connectivity index (χ0) is 17.1. The van der Waals surface area contributed by atoms with E-state index >= 15 is 0 Å². The first-order chi connectivity index (χ1) is 12.3. The average Bonchev–Trinajstić information content (AvgIpc) is 2.68. The molecule has 3 heteroatoms. The van der Waals surface area contributed by atoms with Crippen LogP contribution in [0.4, 0.5) is 0 Å². The molecule has 0 aliphatic carbocycles. The highest BCUT2D eigenvalue weighted by Crippen LogP contribution is 2.24. The molecule has 1 atom stereocenters. The Morgan fingerprint density at radius 3 is 2.56 bits per heavy atom. The van der Waals surface area contributed by atoms with E-state index in [1.165, 1.54) is 17.5 Å². The maximum atomic E-state index is 12.7. The van der Waals surface area contributed by atoms with Crippen LogP contribution in [0.25, 0.3) is 0 Å². The molecule has 1 fully saturated rings. The lowest BCUT2D eigenvalue weighted by Gasteiger charge is -2.41. The molecule has 0 N–H and O–H groups in total. The van der Waals surface area contributed by atoms with Crippen LogP contribution in [-0.4, -0.2) is 41.4 Å². The van der Waals surface area contributed by atoms with Crippen molar-refractivity contribution in [2.45, 2.75) is 38.3 Å². The molecule has 4 rings (SSSR count). The van der Waals surface area contributed by atoms with Gasteiger partial charge in [-0.05, 0) is 36.0 Å². The molecule has 130 valence electrons. The van der Waals surface area contributed by atoms with Crippen LogP contribution in [0, 0.1) is 0 Å². The largest absolute Gasteiger partial charge is 0.341 e. The van der Waals surface area contributed by atoms with Crippen LogP contribution >= 0.6 is 0 Å². The molecule has 1 saturated heterocycles. The Bertz CT molecular complexity index is 728. The van der Waals surface area contributed by atoms with E-state index in [0.717, 1.165) is 44.6 Å². The van der Waals surface area contributed by atoms with E-state index in [4.69, 9.17) is 0 Å². The zero-order valence-corrected chi connectivity index (χ0v) is 14.7. The zero-order valence-electron chi connectivity index (χ0n) is 14.7. The highest BCUT2D eigenvalue weighted by Gasteiger charge is 2.29. The third kappa shape index (κ3) is 3.77. The van der Waals surface area contributed by atoms with Crippen LogP contribution in [0.15, 0.2) is 54.6 Å². The lowest BCUT2D eigenvalue weighted by molar-refractivity contribution is -0.132. The topological polar surface area (TPSA) is 23.6 Å². The first kappa shape index (κ1) is 16.3. The summed E-state index contributed by atoms with van der Waals surface area (Å²) in [5.74, 6) is 0.272. The fraction of sp³-hybridized carbons (Fsp3) is 0.409. The van der Waals surface area contributed by atoms with Gasteiger partial charge >= 0.3 is 0 Å². The molecule has 25 heavy (non-hydrogen) atoms. The van der Waals surface area contributed by atoms with Crippen LogP contribution in [0.3, 0.4) is 0 Å². The van der Waals surface area contributed by atoms with Gasteiger partial charge < -0.3 is 4.90 Å².